The van der Waals surface area contributed by atoms with Crippen LogP contribution in [-0.2, 0) is 7.05 Å². The fourth-order valence-electron chi connectivity index (χ4n) is 3.37. The van der Waals surface area contributed by atoms with Crippen molar-refractivity contribution in [3.63, 3.8) is 0 Å². The van der Waals surface area contributed by atoms with Gasteiger partial charge < -0.3 is 4.90 Å². The number of aromatic nitrogens is 5. The lowest BCUT2D eigenvalue weighted by Gasteiger charge is -2.15. The third-order valence-corrected chi connectivity index (χ3v) is 5.05. The minimum absolute atomic E-state index is 0.0528. The van der Waals surface area contributed by atoms with E-state index < -0.39 is 0 Å². The number of amides is 1. The second kappa shape index (κ2) is 7.50. The number of aromatic amines is 1. The molecule has 0 radical (unpaired) electrons. The van der Waals surface area contributed by atoms with Gasteiger partial charge in [-0.15, -0.1) is 0 Å². The van der Waals surface area contributed by atoms with Gasteiger partial charge in [-0.2, -0.15) is 10.2 Å². The molecule has 4 rings (SSSR count). The first-order valence-corrected chi connectivity index (χ1v) is 9.62. The summed E-state index contributed by atoms with van der Waals surface area (Å²) in [5.41, 5.74) is 6.12. The van der Waals surface area contributed by atoms with Gasteiger partial charge in [0.2, 0.25) is 0 Å². The Balaban J connectivity index is 1.56. The first-order valence-electron chi connectivity index (χ1n) is 9.62. The number of nitrogens with one attached hydrogen (secondary N) is 1. The molecule has 0 saturated heterocycles. The van der Waals surface area contributed by atoms with Crippen LogP contribution in [0.15, 0.2) is 43.2 Å². The lowest BCUT2D eigenvalue weighted by Crippen LogP contribution is -2.29. The Morgan fingerprint density at radius 2 is 2.10 bits per heavy atom. The number of nitrogens with zero attached hydrogens (tertiary/aromatic N) is 5. The van der Waals surface area contributed by atoms with E-state index in [1.54, 1.807) is 15.7 Å². The van der Waals surface area contributed by atoms with Gasteiger partial charge in [-0.3, -0.25) is 14.6 Å². The van der Waals surface area contributed by atoms with Crippen LogP contribution in [0.5, 0.6) is 0 Å². The molecule has 3 aromatic heterocycles. The van der Waals surface area contributed by atoms with Crippen molar-refractivity contribution in [3.8, 4) is 11.1 Å². The van der Waals surface area contributed by atoms with Gasteiger partial charge in [0.15, 0.2) is 0 Å². The van der Waals surface area contributed by atoms with Crippen LogP contribution < -0.4 is 0 Å². The number of hydrogen-bond acceptors (Lipinski definition) is 4. The Kier molecular flexibility index (Phi) is 4.88. The van der Waals surface area contributed by atoms with Crippen molar-refractivity contribution in [2.45, 2.75) is 19.8 Å². The predicted octanol–water partition coefficient (Wildman–Crippen LogP) is 3.51. The van der Waals surface area contributed by atoms with Gasteiger partial charge >= 0.3 is 0 Å². The molecule has 7 nitrogen and oxygen atoms in total. The van der Waals surface area contributed by atoms with Crippen molar-refractivity contribution in [1.29, 1.82) is 0 Å². The van der Waals surface area contributed by atoms with Crippen LogP contribution in [0, 0.1) is 0 Å². The monoisotopic (exact) mass is 388 g/mol. The van der Waals surface area contributed by atoms with E-state index in [2.05, 4.69) is 46.8 Å². The highest BCUT2D eigenvalue weighted by Crippen LogP contribution is 2.27. The van der Waals surface area contributed by atoms with Crippen LogP contribution in [0.1, 0.15) is 47.3 Å². The highest BCUT2D eigenvalue weighted by Gasteiger charge is 2.24. The first kappa shape index (κ1) is 18.9. The highest BCUT2D eigenvalue weighted by atomic mass is 16.2. The Morgan fingerprint density at radius 1 is 1.28 bits per heavy atom. The lowest BCUT2D eigenvalue weighted by atomic mass is 10.0. The molecule has 1 aliphatic rings. The van der Waals surface area contributed by atoms with Crippen LogP contribution in [0.25, 0.3) is 22.8 Å². The molecule has 1 aliphatic heterocycles. The van der Waals surface area contributed by atoms with Crippen molar-refractivity contribution < 1.29 is 4.79 Å². The average Bonchev–Trinajstić information content (AvgIpc) is 3.47. The number of rotatable bonds is 5. The Morgan fingerprint density at radius 3 is 2.76 bits per heavy atom. The molecule has 148 valence electrons. The second-order valence-electron chi connectivity index (χ2n) is 7.55. The van der Waals surface area contributed by atoms with E-state index in [0.717, 1.165) is 33.8 Å². The fourth-order valence-corrected chi connectivity index (χ4v) is 3.37. The number of carbonyl (C=O) groups excluding carboxylic acids is 1. The molecule has 0 saturated carbocycles. The maximum absolute atomic E-state index is 12.8. The topological polar surface area (TPSA) is 79.7 Å². The number of pyridine rings is 1. The molecule has 0 aromatic carbocycles. The van der Waals surface area contributed by atoms with E-state index in [9.17, 15) is 4.79 Å². The predicted molar refractivity (Wildman–Crippen MR) is 113 cm³/mol. The first-order chi connectivity index (χ1) is 13.9. The molecular formula is C22H24N6O. The van der Waals surface area contributed by atoms with Gasteiger partial charge in [-0.05, 0) is 41.3 Å². The van der Waals surface area contributed by atoms with Crippen LogP contribution in [-0.4, -0.2) is 48.9 Å². The maximum atomic E-state index is 12.8. The zero-order chi connectivity index (χ0) is 20.5. The average molecular weight is 388 g/mol. The van der Waals surface area contributed by atoms with Crippen LogP contribution in [0.3, 0.4) is 0 Å². The summed E-state index contributed by atoms with van der Waals surface area (Å²) >= 11 is 0. The summed E-state index contributed by atoms with van der Waals surface area (Å²) in [5, 5.41) is 11.4. The largest absolute Gasteiger partial charge is 0.329 e. The van der Waals surface area contributed by atoms with E-state index in [1.807, 2.05) is 37.6 Å². The maximum Gasteiger partial charge on any atom is 0.272 e. The molecule has 7 heteroatoms. The summed E-state index contributed by atoms with van der Waals surface area (Å²) in [7, 11) is 1.89. The third kappa shape index (κ3) is 3.76. The molecule has 0 spiro atoms. The number of carbonyl (C=O) groups is 1. The summed E-state index contributed by atoms with van der Waals surface area (Å²) in [4.78, 5) is 19.3. The van der Waals surface area contributed by atoms with Gasteiger partial charge in [0.1, 0.15) is 5.69 Å². The second-order valence-corrected chi connectivity index (χ2v) is 7.55. The van der Waals surface area contributed by atoms with Crippen LogP contribution >= 0.6 is 0 Å². The molecule has 0 aliphatic carbocycles. The van der Waals surface area contributed by atoms with Gasteiger partial charge in [-0.25, -0.2) is 4.98 Å². The van der Waals surface area contributed by atoms with Gasteiger partial charge in [0.05, 0.1) is 23.3 Å². The molecule has 0 unspecified atom stereocenters. The fraction of sp³-hybridized carbons (Fsp3) is 0.273. The standard InChI is InChI=1S/C22H24N6O/c1-5-18-8-16(17-11-23-27(4)12-17)9-20(24-18)15-6-7-28(13-15)22(29)21-10-19(14(2)3)25-26-21/h5-6,8-12,14H,1,7,13H2,2-4H3,(H,25,26). The summed E-state index contributed by atoms with van der Waals surface area (Å²) in [6.07, 6.45) is 7.59. The molecule has 4 heterocycles. The van der Waals surface area contributed by atoms with Crippen LogP contribution in [0.4, 0.5) is 0 Å². The number of H-pyrrole nitrogens is 1. The van der Waals surface area contributed by atoms with Crippen molar-refractivity contribution in [2.75, 3.05) is 13.1 Å². The molecular weight excluding hydrogens is 364 g/mol. The summed E-state index contributed by atoms with van der Waals surface area (Å²) in [6, 6.07) is 5.86. The minimum Gasteiger partial charge on any atom is -0.329 e. The van der Waals surface area contributed by atoms with E-state index in [1.165, 1.54) is 0 Å². The van der Waals surface area contributed by atoms with Gasteiger partial charge in [-0.1, -0.05) is 26.5 Å². The van der Waals surface area contributed by atoms with E-state index in [-0.39, 0.29) is 11.8 Å². The van der Waals surface area contributed by atoms with Gasteiger partial charge in [0, 0.05) is 31.9 Å². The molecule has 0 bridgehead atoms. The normalized spacial score (nSPS) is 13.8. The summed E-state index contributed by atoms with van der Waals surface area (Å²) in [6.45, 7) is 9.02. The quantitative estimate of drug-likeness (QED) is 0.725. The van der Waals surface area contributed by atoms with Crippen LogP contribution in [0.2, 0.25) is 0 Å². The third-order valence-electron chi connectivity index (χ3n) is 5.05. The van der Waals surface area contributed by atoms with Crippen molar-refractivity contribution in [2.24, 2.45) is 7.05 Å². The zero-order valence-electron chi connectivity index (χ0n) is 16.9. The van der Waals surface area contributed by atoms with E-state index in [4.69, 9.17) is 0 Å². The smallest absolute Gasteiger partial charge is 0.272 e. The van der Waals surface area contributed by atoms with E-state index in [0.29, 0.717) is 18.8 Å². The summed E-state index contributed by atoms with van der Waals surface area (Å²) in [5.74, 6) is 0.222. The zero-order valence-corrected chi connectivity index (χ0v) is 16.9. The molecule has 0 atom stereocenters. The Hall–Kier alpha value is -3.48. The van der Waals surface area contributed by atoms with E-state index >= 15 is 0 Å². The Labute approximate surface area is 169 Å². The Bertz CT molecular complexity index is 1100. The molecule has 1 N–H and O–H groups in total. The molecule has 1 amide bonds. The summed E-state index contributed by atoms with van der Waals surface area (Å²) < 4.78 is 1.77. The molecule has 29 heavy (non-hydrogen) atoms. The number of aryl methyl sites for hydroxylation is 1. The molecule has 0 fully saturated rings. The van der Waals surface area contributed by atoms with Crippen molar-refractivity contribution in [1.82, 2.24) is 29.9 Å². The number of hydrogen-bond donors (Lipinski definition) is 1. The SMILES string of the molecule is C=Cc1cc(-c2cnn(C)c2)cc(C2=CCN(C(=O)c3cc(C(C)C)n[nH]3)C2)n1. The molecule has 3 aromatic rings. The minimum atomic E-state index is -0.0528. The van der Waals surface area contributed by atoms with Crippen molar-refractivity contribution >= 4 is 17.6 Å². The lowest BCUT2D eigenvalue weighted by molar-refractivity contribution is 0.0795. The van der Waals surface area contributed by atoms with Gasteiger partial charge in [0.25, 0.3) is 5.91 Å². The van der Waals surface area contributed by atoms with Crippen molar-refractivity contribution in [3.05, 3.63) is 66.0 Å². The highest BCUT2D eigenvalue weighted by molar-refractivity contribution is 5.94.